The van der Waals surface area contributed by atoms with Gasteiger partial charge in [0.25, 0.3) is 11.8 Å². The molecule has 0 unspecified atom stereocenters. The highest BCUT2D eigenvalue weighted by atomic mass is 32.1. The van der Waals surface area contributed by atoms with Crippen LogP contribution in [0.4, 0.5) is 10.8 Å². The minimum atomic E-state index is -0.339. The van der Waals surface area contributed by atoms with E-state index in [4.69, 9.17) is 14.2 Å². The number of rotatable bonds is 11. The van der Waals surface area contributed by atoms with Gasteiger partial charge in [0.2, 0.25) is 5.13 Å². The zero-order chi connectivity index (χ0) is 24.5. The minimum Gasteiger partial charge on any atom is -0.497 e. The molecule has 0 aliphatic rings. The topological polar surface area (TPSA) is 112 Å². The van der Waals surface area contributed by atoms with Crippen LogP contribution in [0, 0.1) is 0 Å². The summed E-state index contributed by atoms with van der Waals surface area (Å²) in [6, 6.07) is 11.7. The normalized spacial score (nSPS) is 10.6. The molecule has 0 saturated heterocycles. The predicted octanol–water partition coefficient (Wildman–Crippen LogP) is 4.73. The summed E-state index contributed by atoms with van der Waals surface area (Å²) in [6.07, 6.45) is 1.94. The minimum absolute atomic E-state index is 0.225. The third kappa shape index (κ3) is 6.44. The van der Waals surface area contributed by atoms with E-state index in [1.807, 2.05) is 0 Å². The van der Waals surface area contributed by atoms with Crippen LogP contribution in [0.5, 0.6) is 17.2 Å². The lowest BCUT2D eigenvalue weighted by Crippen LogP contribution is -2.20. The van der Waals surface area contributed by atoms with E-state index in [2.05, 4.69) is 34.7 Å². The number of nitrogens with zero attached hydrogens (tertiary/aromatic N) is 2. The number of hydrogen-bond acceptors (Lipinski definition) is 8. The molecule has 0 atom stereocenters. The van der Waals surface area contributed by atoms with Gasteiger partial charge in [0.05, 0.1) is 14.2 Å². The first-order valence-corrected chi connectivity index (χ1v) is 11.7. The standard InChI is InChI=1S/C24H28N4O5S/c1-5-15(6-2)23-27-28-24(34-23)26-22(30)16-7-12-19(20(13-16)32-4)33-14-21(29)25-17-8-10-18(31-3)11-9-17/h7-13,15H,5-6,14H2,1-4H3,(H,25,29)(H,26,28,30). The molecular weight excluding hydrogens is 456 g/mol. The average Bonchev–Trinajstić information content (AvgIpc) is 3.31. The van der Waals surface area contributed by atoms with Crippen LogP contribution in [0.25, 0.3) is 0 Å². The monoisotopic (exact) mass is 484 g/mol. The Labute approximate surface area is 202 Å². The molecule has 0 bridgehead atoms. The maximum absolute atomic E-state index is 12.7. The van der Waals surface area contributed by atoms with Crippen molar-refractivity contribution in [2.75, 3.05) is 31.5 Å². The van der Waals surface area contributed by atoms with Crippen LogP contribution in [-0.4, -0.2) is 42.8 Å². The van der Waals surface area contributed by atoms with Crippen LogP contribution in [0.15, 0.2) is 42.5 Å². The van der Waals surface area contributed by atoms with Gasteiger partial charge in [-0.2, -0.15) is 0 Å². The summed E-state index contributed by atoms with van der Waals surface area (Å²) in [6.45, 7) is 3.98. The van der Waals surface area contributed by atoms with E-state index in [1.165, 1.54) is 18.4 Å². The molecule has 34 heavy (non-hydrogen) atoms. The first kappa shape index (κ1) is 25.0. The van der Waals surface area contributed by atoms with Gasteiger partial charge in [0.15, 0.2) is 18.1 Å². The lowest BCUT2D eigenvalue weighted by Gasteiger charge is -2.12. The van der Waals surface area contributed by atoms with Crippen LogP contribution < -0.4 is 24.8 Å². The number of anilines is 2. The first-order chi connectivity index (χ1) is 16.5. The Morgan fingerprint density at radius 2 is 1.68 bits per heavy atom. The highest BCUT2D eigenvalue weighted by molar-refractivity contribution is 7.15. The number of benzene rings is 2. The molecule has 1 heterocycles. The molecule has 1 aromatic heterocycles. The Hall–Kier alpha value is -3.66. The highest BCUT2D eigenvalue weighted by Crippen LogP contribution is 2.30. The van der Waals surface area contributed by atoms with Crippen LogP contribution >= 0.6 is 11.3 Å². The Kier molecular flexibility index (Phi) is 8.80. The fourth-order valence-electron chi connectivity index (χ4n) is 3.20. The molecule has 180 valence electrons. The molecule has 3 rings (SSSR count). The summed E-state index contributed by atoms with van der Waals surface area (Å²) in [5, 5.41) is 15.1. The molecule has 0 fully saturated rings. The molecule has 0 aliphatic carbocycles. The fraction of sp³-hybridized carbons (Fsp3) is 0.333. The third-order valence-corrected chi connectivity index (χ3v) is 6.16. The smallest absolute Gasteiger partial charge is 0.262 e. The summed E-state index contributed by atoms with van der Waals surface area (Å²) >= 11 is 1.38. The Morgan fingerprint density at radius 3 is 2.32 bits per heavy atom. The van der Waals surface area contributed by atoms with Crippen LogP contribution in [-0.2, 0) is 4.79 Å². The number of ether oxygens (including phenoxy) is 3. The van der Waals surface area contributed by atoms with Crippen LogP contribution in [0.1, 0.15) is 48.0 Å². The summed E-state index contributed by atoms with van der Waals surface area (Å²) in [7, 11) is 3.04. The number of aromatic nitrogens is 2. The number of carbonyl (C=O) groups is 2. The molecule has 9 nitrogen and oxygen atoms in total. The number of hydrogen-bond donors (Lipinski definition) is 2. The Balaban J connectivity index is 1.59. The van der Waals surface area contributed by atoms with E-state index >= 15 is 0 Å². The van der Waals surface area contributed by atoms with Crippen molar-refractivity contribution in [3.8, 4) is 17.2 Å². The predicted molar refractivity (Wildman–Crippen MR) is 131 cm³/mol. The molecule has 2 N–H and O–H groups in total. The maximum atomic E-state index is 12.7. The lowest BCUT2D eigenvalue weighted by molar-refractivity contribution is -0.118. The lowest BCUT2D eigenvalue weighted by atomic mass is 10.1. The van der Waals surface area contributed by atoms with Crippen LogP contribution in [0.2, 0.25) is 0 Å². The van der Waals surface area contributed by atoms with E-state index < -0.39 is 0 Å². The number of amides is 2. The SMILES string of the molecule is CCC(CC)c1nnc(NC(=O)c2ccc(OCC(=O)Nc3ccc(OC)cc3)c(OC)c2)s1. The fourth-order valence-corrected chi connectivity index (χ4v) is 4.21. The quantitative estimate of drug-likeness (QED) is 0.405. The molecule has 10 heteroatoms. The Morgan fingerprint density at radius 1 is 0.941 bits per heavy atom. The number of carbonyl (C=O) groups excluding carboxylic acids is 2. The van der Waals surface area contributed by atoms with E-state index in [0.717, 1.165) is 17.8 Å². The molecule has 0 saturated carbocycles. The van der Waals surface area contributed by atoms with E-state index in [-0.39, 0.29) is 18.4 Å². The van der Waals surface area contributed by atoms with Crippen molar-refractivity contribution in [2.45, 2.75) is 32.6 Å². The second-order valence-electron chi connectivity index (χ2n) is 7.34. The molecule has 0 aliphatic heterocycles. The van der Waals surface area contributed by atoms with Gasteiger partial charge in [-0.3, -0.25) is 14.9 Å². The largest absolute Gasteiger partial charge is 0.497 e. The van der Waals surface area contributed by atoms with Gasteiger partial charge in [0.1, 0.15) is 10.8 Å². The van der Waals surface area contributed by atoms with E-state index in [1.54, 1.807) is 49.6 Å². The van der Waals surface area contributed by atoms with Gasteiger partial charge in [-0.15, -0.1) is 10.2 Å². The molecule has 3 aromatic rings. The Bertz CT molecular complexity index is 1110. The molecule has 2 aromatic carbocycles. The average molecular weight is 485 g/mol. The van der Waals surface area contributed by atoms with Crippen molar-refractivity contribution >= 4 is 34.0 Å². The molecule has 2 amide bonds. The van der Waals surface area contributed by atoms with Gasteiger partial charge in [-0.05, 0) is 55.3 Å². The van der Waals surface area contributed by atoms with Crippen molar-refractivity contribution in [3.63, 3.8) is 0 Å². The van der Waals surface area contributed by atoms with E-state index in [0.29, 0.717) is 39.5 Å². The first-order valence-electron chi connectivity index (χ1n) is 10.9. The number of nitrogens with one attached hydrogen (secondary N) is 2. The van der Waals surface area contributed by atoms with Crippen molar-refractivity contribution in [1.82, 2.24) is 10.2 Å². The zero-order valence-corrected chi connectivity index (χ0v) is 20.4. The van der Waals surface area contributed by atoms with Gasteiger partial charge in [-0.25, -0.2) is 0 Å². The molecular formula is C24H28N4O5S. The van der Waals surface area contributed by atoms with Crippen molar-refractivity contribution in [1.29, 1.82) is 0 Å². The summed E-state index contributed by atoms with van der Waals surface area (Å²) in [4.78, 5) is 24.9. The van der Waals surface area contributed by atoms with Crippen molar-refractivity contribution in [2.24, 2.45) is 0 Å². The highest BCUT2D eigenvalue weighted by Gasteiger charge is 2.17. The summed E-state index contributed by atoms with van der Waals surface area (Å²) in [5.74, 6) is 1.03. The molecule has 0 radical (unpaired) electrons. The van der Waals surface area contributed by atoms with E-state index in [9.17, 15) is 9.59 Å². The number of methoxy groups -OCH3 is 2. The van der Waals surface area contributed by atoms with Crippen molar-refractivity contribution in [3.05, 3.63) is 53.0 Å². The molecule has 0 spiro atoms. The zero-order valence-electron chi connectivity index (χ0n) is 19.6. The van der Waals surface area contributed by atoms with Crippen LogP contribution in [0.3, 0.4) is 0 Å². The van der Waals surface area contributed by atoms with Gasteiger partial charge in [-0.1, -0.05) is 25.2 Å². The van der Waals surface area contributed by atoms with Gasteiger partial charge >= 0.3 is 0 Å². The summed E-state index contributed by atoms with van der Waals surface area (Å²) in [5.41, 5.74) is 0.989. The van der Waals surface area contributed by atoms with Gasteiger partial charge < -0.3 is 19.5 Å². The second kappa shape index (κ2) is 12.0. The van der Waals surface area contributed by atoms with Gasteiger partial charge in [0, 0.05) is 17.2 Å². The summed E-state index contributed by atoms with van der Waals surface area (Å²) < 4.78 is 16.1. The second-order valence-corrected chi connectivity index (χ2v) is 8.35. The third-order valence-electron chi connectivity index (χ3n) is 5.15. The van der Waals surface area contributed by atoms with Crippen molar-refractivity contribution < 1.29 is 23.8 Å². The maximum Gasteiger partial charge on any atom is 0.262 e.